The molecular weight excluding hydrogens is 202 g/mol. The number of carbonyl (C=O) groups excluding carboxylic acids is 1. The van der Waals surface area contributed by atoms with Gasteiger partial charge in [-0.3, -0.25) is 4.98 Å². The van der Waals surface area contributed by atoms with Crippen molar-refractivity contribution in [3.8, 4) is 0 Å². The minimum Gasteiger partial charge on any atom is -0.338 e. The summed E-state index contributed by atoms with van der Waals surface area (Å²) < 4.78 is 0. The highest BCUT2D eigenvalue weighted by Gasteiger charge is 2.26. The van der Waals surface area contributed by atoms with Crippen molar-refractivity contribution < 1.29 is 4.79 Å². The topological polar surface area (TPSA) is 45.2 Å². The maximum atomic E-state index is 11.6. The molecule has 4 heteroatoms. The summed E-state index contributed by atoms with van der Waals surface area (Å²) in [5.41, 5.74) is 1.28. The van der Waals surface area contributed by atoms with Gasteiger partial charge >= 0.3 is 6.03 Å². The molecule has 1 aliphatic heterocycles. The first kappa shape index (κ1) is 10.9. The maximum Gasteiger partial charge on any atom is 0.317 e. The molecule has 2 amide bonds. The lowest BCUT2D eigenvalue weighted by Gasteiger charge is -2.16. The Labute approximate surface area is 95.7 Å². The molecule has 2 rings (SSSR count). The first-order valence-corrected chi connectivity index (χ1v) is 5.74. The molecule has 1 unspecified atom stereocenters. The molecule has 0 radical (unpaired) electrons. The van der Waals surface area contributed by atoms with Crippen LogP contribution in [0.1, 0.15) is 24.8 Å². The Morgan fingerprint density at radius 3 is 3.00 bits per heavy atom. The van der Waals surface area contributed by atoms with Crippen LogP contribution in [0, 0.1) is 0 Å². The number of aromatic nitrogens is 1. The van der Waals surface area contributed by atoms with Gasteiger partial charge in [0, 0.05) is 37.9 Å². The van der Waals surface area contributed by atoms with Crippen molar-refractivity contribution in [3.63, 3.8) is 0 Å². The lowest BCUT2D eigenvalue weighted by atomic mass is 10.00. The minimum absolute atomic E-state index is 0.0547. The first-order chi connectivity index (χ1) is 7.81. The van der Waals surface area contributed by atoms with E-state index < -0.39 is 0 Å². The second kappa shape index (κ2) is 4.96. The number of likely N-dealkylation sites (tertiary alicyclic amines) is 1. The highest BCUT2D eigenvalue weighted by Crippen LogP contribution is 2.26. The van der Waals surface area contributed by atoms with Crippen LogP contribution in [0.4, 0.5) is 4.79 Å². The summed E-state index contributed by atoms with van der Waals surface area (Å²) in [6.45, 7) is 4.29. The summed E-state index contributed by atoms with van der Waals surface area (Å²) in [7, 11) is 0. The van der Waals surface area contributed by atoms with Crippen molar-refractivity contribution >= 4 is 6.03 Å². The van der Waals surface area contributed by atoms with Crippen LogP contribution >= 0.6 is 0 Å². The van der Waals surface area contributed by atoms with E-state index >= 15 is 0 Å². The molecule has 0 saturated carbocycles. The molecular formula is C12H17N3O. The van der Waals surface area contributed by atoms with Crippen LogP contribution in [0.15, 0.2) is 24.5 Å². The lowest BCUT2D eigenvalue weighted by molar-refractivity contribution is 0.209. The van der Waals surface area contributed by atoms with Crippen LogP contribution in [-0.2, 0) is 0 Å². The van der Waals surface area contributed by atoms with Crippen LogP contribution in [0.25, 0.3) is 0 Å². The minimum atomic E-state index is 0.0547. The van der Waals surface area contributed by atoms with E-state index in [9.17, 15) is 4.79 Å². The molecule has 16 heavy (non-hydrogen) atoms. The summed E-state index contributed by atoms with van der Waals surface area (Å²) in [6, 6.07) is 4.12. The van der Waals surface area contributed by atoms with Crippen LogP contribution in [-0.4, -0.2) is 35.5 Å². The molecule has 1 atom stereocenters. The zero-order valence-electron chi connectivity index (χ0n) is 9.52. The van der Waals surface area contributed by atoms with E-state index in [2.05, 4.69) is 10.3 Å². The molecule has 86 valence electrons. The van der Waals surface area contributed by atoms with Gasteiger partial charge in [-0.2, -0.15) is 0 Å². The predicted molar refractivity (Wildman–Crippen MR) is 62.2 cm³/mol. The van der Waals surface area contributed by atoms with Crippen LogP contribution in [0.3, 0.4) is 0 Å². The average molecular weight is 219 g/mol. The monoisotopic (exact) mass is 219 g/mol. The third-order valence-corrected chi connectivity index (χ3v) is 2.98. The molecule has 1 aliphatic rings. The van der Waals surface area contributed by atoms with E-state index in [1.54, 1.807) is 0 Å². The van der Waals surface area contributed by atoms with E-state index in [1.165, 1.54) is 5.56 Å². The molecule has 0 aromatic carbocycles. The smallest absolute Gasteiger partial charge is 0.317 e. The Hall–Kier alpha value is -1.58. The van der Waals surface area contributed by atoms with E-state index in [0.717, 1.165) is 19.5 Å². The molecule has 0 aliphatic carbocycles. The van der Waals surface area contributed by atoms with Gasteiger partial charge in [-0.05, 0) is 31.0 Å². The zero-order chi connectivity index (χ0) is 11.4. The summed E-state index contributed by atoms with van der Waals surface area (Å²) in [5, 5.41) is 2.83. The van der Waals surface area contributed by atoms with Gasteiger partial charge in [0.15, 0.2) is 0 Å². The van der Waals surface area contributed by atoms with Gasteiger partial charge in [-0.1, -0.05) is 0 Å². The quantitative estimate of drug-likeness (QED) is 0.821. The number of hydrogen-bond donors (Lipinski definition) is 1. The predicted octanol–water partition coefficient (Wildman–Crippen LogP) is 1.60. The number of nitrogens with one attached hydrogen (secondary N) is 1. The van der Waals surface area contributed by atoms with E-state index in [-0.39, 0.29) is 6.03 Å². The Morgan fingerprint density at radius 1 is 1.56 bits per heavy atom. The summed E-state index contributed by atoms with van der Waals surface area (Å²) in [6.07, 6.45) is 4.66. The van der Waals surface area contributed by atoms with Crippen molar-refractivity contribution in [2.24, 2.45) is 0 Å². The van der Waals surface area contributed by atoms with Gasteiger partial charge < -0.3 is 10.2 Å². The average Bonchev–Trinajstić information content (AvgIpc) is 2.80. The van der Waals surface area contributed by atoms with Crippen molar-refractivity contribution in [1.29, 1.82) is 0 Å². The molecule has 4 nitrogen and oxygen atoms in total. The third kappa shape index (κ3) is 2.32. The fraction of sp³-hybridized carbons (Fsp3) is 0.500. The lowest BCUT2D eigenvalue weighted by Crippen LogP contribution is -2.38. The highest BCUT2D eigenvalue weighted by molar-refractivity contribution is 5.74. The molecule has 1 saturated heterocycles. The van der Waals surface area contributed by atoms with Crippen LogP contribution in [0.2, 0.25) is 0 Å². The SMILES string of the molecule is CCNC(=O)N1CCC(c2ccncc2)C1. The molecule has 1 aromatic heterocycles. The van der Waals surface area contributed by atoms with Crippen molar-refractivity contribution in [3.05, 3.63) is 30.1 Å². The molecule has 1 N–H and O–H groups in total. The highest BCUT2D eigenvalue weighted by atomic mass is 16.2. The van der Waals surface area contributed by atoms with Crippen molar-refractivity contribution in [1.82, 2.24) is 15.2 Å². The number of carbonyl (C=O) groups is 1. The molecule has 0 bridgehead atoms. The van der Waals surface area contributed by atoms with Crippen molar-refractivity contribution in [2.75, 3.05) is 19.6 Å². The second-order valence-electron chi connectivity index (χ2n) is 4.05. The van der Waals surface area contributed by atoms with Gasteiger partial charge in [0.05, 0.1) is 0 Å². The van der Waals surface area contributed by atoms with Crippen molar-refractivity contribution in [2.45, 2.75) is 19.3 Å². The number of hydrogen-bond acceptors (Lipinski definition) is 2. The fourth-order valence-corrected chi connectivity index (χ4v) is 2.12. The maximum absolute atomic E-state index is 11.6. The molecule has 0 spiro atoms. The Balaban J connectivity index is 1.96. The number of nitrogens with zero attached hydrogens (tertiary/aromatic N) is 2. The normalized spacial score (nSPS) is 19.8. The van der Waals surface area contributed by atoms with Gasteiger partial charge in [0.1, 0.15) is 0 Å². The van der Waals surface area contributed by atoms with E-state index in [1.807, 2.05) is 36.4 Å². The Bertz CT molecular complexity index is 353. The summed E-state index contributed by atoms with van der Waals surface area (Å²) >= 11 is 0. The first-order valence-electron chi connectivity index (χ1n) is 5.74. The number of urea groups is 1. The van der Waals surface area contributed by atoms with E-state index in [4.69, 9.17) is 0 Å². The molecule has 2 heterocycles. The number of rotatable bonds is 2. The third-order valence-electron chi connectivity index (χ3n) is 2.98. The summed E-state index contributed by atoms with van der Waals surface area (Å²) in [4.78, 5) is 17.5. The van der Waals surface area contributed by atoms with Gasteiger partial charge in [0.2, 0.25) is 0 Å². The number of amides is 2. The Morgan fingerprint density at radius 2 is 2.31 bits per heavy atom. The van der Waals surface area contributed by atoms with Crippen LogP contribution < -0.4 is 5.32 Å². The molecule has 1 fully saturated rings. The van der Waals surface area contributed by atoms with Gasteiger partial charge in [-0.25, -0.2) is 4.79 Å². The fourth-order valence-electron chi connectivity index (χ4n) is 2.12. The second-order valence-corrected chi connectivity index (χ2v) is 4.05. The standard InChI is InChI=1S/C12H17N3O/c1-2-14-12(16)15-8-5-11(9-15)10-3-6-13-7-4-10/h3-4,6-7,11H,2,5,8-9H2,1H3,(H,14,16). The van der Waals surface area contributed by atoms with Gasteiger partial charge in [-0.15, -0.1) is 0 Å². The van der Waals surface area contributed by atoms with E-state index in [0.29, 0.717) is 12.5 Å². The molecule has 1 aromatic rings. The van der Waals surface area contributed by atoms with Crippen LogP contribution in [0.5, 0.6) is 0 Å². The number of pyridine rings is 1. The Kier molecular flexibility index (Phi) is 3.39. The summed E-state index contributed by atoms with van der Waals surface area (Å²) in [5.74, 6) is 0.464. The zero-order valence-corrected chi connectivity index (χ0v) is 9.52. The van der Waals surface area contributed by atoms with Gasteiger partial charge in [0.25, 0.3) is 0 Å². The largest absolute Gasteiger partial charge is 0.338 e.